The Balaban J connectivity index is 1.60. The van der Waals surface area contributed by atoms with Crippen LogP contribution in [0.25, 0.3) is 0 Å². The van der Waals surface area contributed by atoms with Crippen LogP contribution >= 0.6 is 11.6 Å². The quantitative estimate of drug-likeness (QED) is 0.266. The Morgan fingerprint density at radius 2 is 1.88 bits per heavy atom. The zero-order chi connectivity index (χ0) is 23.2. The molecule has 0 amide bonds. The molecule has 2 heterocycles. The Labute approximate surface area is 193 Å². The van der Waals surface area contributed by atoms with Crippen LogP contribution in [0.15, 0.2) is 47.6 Å². The second kappa shape index (κ2) is 10.1. The summed E-state index contributed by atoms with van der Waals surface area (Å²) >= 11 is 5.91. The molecule has 0 saturated carbocycles. The Bertz CT molecular complexity index is 1170. The molecule has 13 heteroatoms. The van der Waals surface area contributed by atoms with E-state index in [4.69, 9.17) is 16.3 Å². The Morgan fingerprint density at radius 1 is 1.15 bits per heavy atom. The van der Waals surface area contributed by atoms with Crippen molar-refractivity contribution in [1.82, 2.24) is 15.0 Å². The lowest BCUT2D eigenvalue weighted by atomic mass is 10.2. The number of aromatic hydroxyl groups is 1. The van der Waals surface area contributed by atoms with Gasteiger partial charge in [-0.25, -0.2) is 5.43 Å². The van der Waals surface area contributed by atoms with Gasteiger partial charge in [0.15, 0.2) is 0 Å². The first-order chi connectivity index (χ1) is 16.0. The van der Waals surface area contributed by atoms with Gasteiger partial charge in [0.1, 0.15) is 0 Å². The summed E-state index contributed by atoms with van der Waals surface area (Å²) in [5.74, 6) is 0.325. The molecule has 1 aliphatic heterocycles. The highest BCUT2D eigenvalue weighted by Gasteiger charge is 2.19. The van der Waals surface area contributed by atoms with Gasteiger partial charge in [-0.3, -0.25) is 10.1 Å². The molecule has 2 aromatic carbocycles. The van der Waals surface area contributed by atoms with E-state index in [1.165, 1.54) is 12.3 Å². The first-order valence-corrected chi connectivity index (χ1v) is 10.2. The maximum atomic E-state index is 11.1. The number of nitrogens with zero attached hydrogens (tertiary/aromatic N) is 6. The molecule has 170 valence electrons. The standard InChI is InChI=1S/C20H19ClN8O4/c21-14-10-13(17(30)16(11-14)29(31)32)12-22-27-19-24-18(23-15-4-2-1-3-5-15)25-20(26-19)28-6-8-33-9-7-28/h1-5,10-12,30H,6-9H2,(H2,23,24,25,26,27)/b22-12-. The summed E-state index contributed by atoms with van der Waals surface area (Å²) in [4.78, 5) is 25.5. The molecule has 1 aliphatic rings. The highest BCUT2D eigenvalue weighted by atomic mass is 35.5. The predicted octanol–water partition coefficient (Wildman–Crippen LogP) is 3.17. The topological polar surface area (TPSA) is 151 Å². The number of phenolic OH excluding ortho intramolecular Hbond substituents is 1. The van der Waals surface area contributed by atoms with Gasteiger partial charge >= 0.3 is 5.69 Å². The fraction of sp³-hybridized carbons (Fsp3) is 0.200. The fourth-order valence-corrected chi connectivity index (χ4v) is 3.25. The van der Waals surface area contributed by atoms with Crippen LogP contribution in [0.2, 0.25) is 5.02 Å². The number of halogens is 1. The number of ether oxygens (including phenoxy) is 1. The molecule has 12 nitrogen and oxygen atoms in total. The van der Waals surface area contributed by atoms with Crippen molar-refractivity contribution in [2.45, 2.75) is 0 Å². The van der Waals surface area contributed by atoms with Gasteiger partial charge in [0, 0.05) is 35.4 Å². The minimum Gasteiger partial charge on any atom is -0.502 e. The van der Waals surface area contributed by atoms with Crippen molar-refractivity contribution < 1.29 is 14.8 Å². The first kappa shape index (κ1) is 22.2. The second-order valence-electron chi connectivity index (χ2n) is 6.86. The number of benzene rings is 2. The second-order valence-corrected chi connectivity index (χ2v) is 7.30. The molecule has 0 bridgehead atoms. The first-order valence-electron chi connectivity index (χ1n) is 9.86. The van der Waals surface area contributed by atoms with Gasteiger partial charge in [-0.2, -0.15) is 20.1 Å². The number of hydrogen-bond donors (Lipinski definition) is 3. The van der Waals surface area contributed by atoms with Gasteiger partial charge in [-0.15, -0.1) is 0 Å². The van der Waals surface area contributed by atoms with Crippen molar-refractivity contribution in [3.05, 3.63) is 63.2 Å². The predicted molar refractivity (Wildman–Crippen MR) is 124 cm³/mol. The molecule has 0 atom stereocenters. The number of morpholine rings is 1. The van der Waals surface area contributed by atoms with Crippen LogP contribution in [0.3, 0.4) is 0 Å². The average Bonchev–Trinajstić information content (AvgIpc) is 2.82. The van der Waals surface area contributed by atoms with Gasteiger partial charge in [0.05, 0.1) is 24.4 Å². The Hall–Kier alpha value is -4.03. The van der Waals surface area contributed by atoms with Crippen LogP contribution in [0, 0.1) is 10.1 Å². The smallest absolute Gasteiger partial charge is 0.312 e. The highest BCUT2D eigenvalue weighted by molar-refractivity contribution is 6.31. The van der Waals surface area contributed by atoms with Crippen molar-refractivity contribution in [3.8, 4) is 5.75 Å². The largest absolute Gasteiger partial charge is 0.502 e. The van der Waals surface area contributed by atoms with E-state index in [0.29, 0.717) is 38.2 Å². The van der Waals surface area contributed by atoms with E-state index in [1.807, 2.05) is 35.2 Å². The summed E-state index contributed by atoms with van der Waals surface area (Å²) in [7, 11) is 0. The number of hydrazone groups is 1. The van der Waals surface area contributed by atoms with E-state index < -0.39 is 16.4 Å². The molecule has 1 aromatic heterocycles. The molecular formula is C20H19ClN8O4. The molecule has 1 fully saturated rings. The lowest BCUT2D eigenvalue weighted by molar-refractivity contribution is -0.385. The Morgan fingerprint density at radius 3 is 2.61 bits per heavy atom. The van der Waals surface area contributed by atoms with Crippen LogP contribution in [0.4, 0.5) is 29.2 Å². The van der Waals surface area contributed by atoms with E-state index in [2.05, 4.69) is 30.8 Å². The number of rotatable bonds is 7. The number of nitrogens with one attached hydrogen (secondary N) is 2. The number of nitro groups is 1. The summed E-state index contributed by atoms with van der Waals surface area (Å²) in [6.07, 6.45) is 1.19. The number of nitro benzene ring substituents is 1. The van der Waals surface area contributed by atoms with Crippen molar-refractivity contribution in [2.24, 2.45) is 5.10 Å². The van der Waals surface area contributed by atoms with Crippen LogP contribution in [0.5, 0.6) is 5.75 Å². The zero-order valence-corrected chi connectivity index (χ0v) is 17.9. The SMILES string of the molecule is O=[N+]([O-])c1cc(Cl)cc(/C=N\Nc2nc(Nc3ccccc3)nc(N3CCOCC3)n2)c1O. The summed E-state index contributed by atoms with van der Waals surface area (Å²) in [5, 5.41) is 28.4. The molecule has 3 N–H and O–H groups in total. The third-order valence-electron chi connectivity index (χ3n) is 4.60. The number of anilines is 4. The van der Waals surface area contributed by atoms with Gasteiger partial charge in [0.25, 0.3) is 0 Å². The van der Waals surface area contributed by atoms with Crippen molar-refractivity contribution >= 4 is 47.0 Å². The summed E-state index contributed by atoms with van der Waals surface area (Å²) < 4.78 is 5.39. The monoisotopic (exact) mass is 470 g/mol. The zero-order valence-electron chi connectivity index (χ0n) is 17.2. The summed E-state index contributed by atoms with van der Waals surface area (Å²) in [5.41, 5.74) is 3.01. The van der Waals surface area contributed by atoms with E-state index in [1.54, 1.807) is 0 Å². The molecule has 33 heavy (non-hydrogen) atoms. The molecule has 4 rings (SSSR count). The van der Waals surface area contributed by atoms with E-state index >= 15 is 0 Å². The molecule has 0 aliphatic carbocycles. The number of hydrogen-bond acceptors (Lipinski definition) is 11. The summed E-state index contributed by atoms with van der Waals surface area (Å²) in [6, 6.07) is 11.8. The molecule has 0 radical (unpaired) electrons. The third kappa shape index (κ3) is 5.61. The van der Waals surface area contributed by atoms with Crippen LogP contribution in [0.1, 0.15) is 5.56 Å². The van der Waals surface area contributed by atoms with Crippen molar-refractivity contribution in [3.63, 3.8) is 0 Å². The normalized spacial score (nSPS) is 13.8. The number of para-hydroxylation sites is 1. The molecule has 3 aromatic rings. The summed E-state index contributed by atoms with van der Waals surface area (Å²) in [6.45, 7) is 2.36. The van der Waals surface area contributed by atoms with Gasteiger partial charge in [-0.1, -0.05) is 29.8 Å². The molecule has 0 unspecified atom stereocenters. The highest BCUT2D eigenvalue weighted by Crippen LogP contribution is 2.32. The number of aromatic nitrogens is 3. The number of phenols is 1. The van der Waals surface area contributed by atoms with Gasteiger partial charge in [0.2, 0.25) is 23.6 Å². The van der Waals surface area contributed by atoms with Crippen LogP contribution in [-0.2, 0) is 4.74 Å². The maximum absolute atomic E-state index is 11.1. The lowest BCUT2D eigenvalue weighted by Gasteiger charge is -2.27. The molecular weight excluding hydrogens is 452 g/mol. The minimum absolute atomic E-state index is 0.0618. The molecule has 0 spiro atoms. The van der Waals surface area contributed by atoms with E-state index in [9.17, 15) is 15.2 Å². The molecule has 1 saturated heterocycles. The van der Waals surface area contributed by atoms with Gasteiger partial charge < -0.3 is 20.1 Å². The fourth-order valence-electron chi connectivity index (χ4n) is 3.03. The van der Waals surface area contributed by atoms with E-state index in [0.717, 1.165) is 11.8 Å². The van der Waals surface area contributed by atoms with E-state index in [-0.39, 0.29) is 16.5 Å². The van der Waals surface area contributed by atoms with Crippen molar-refractivity contribution in [1.29, 1.82) is 0 Å². The maximum Gasteiger partial charge on any atom is 0.312 e. The average molecular weight is 471 g/mol. The van der Waals surface area contributed by atoms with Gasteiger partial charge in [-0.05, 0) is 18.2 Å². The lowest BCUT2D eigenvalue weighted by Crippen LogP contribution is -2.37. The van der Waals surface area contributed by atoms with Crippen molar-refractivity contribution in [2.75, 3.05) is 41.9 Å². The van der Waals surface area contributed by atoms with Crippen LogP contribution in [-0.4, -0.2) is 57.5 Å². The third-order valence-corrected chi connectivity index (χ3v) is 4.81. The minimum atomic E-state index is -0.728. The van der Waals surface area contributed by atoms with Crippen LogP contribution < -0.4 is 15.6 Å². The Kier molecular flexibility index (Phi) is 6.76.